The number of hydrogen-bond acceptors (Lipinski definition) is 6. The Morgan fingerprint density at radius 2 is 1.74 bits per heavy atom. The molecule has 8 heteroatoms. The maximum absolute atomic E-state index is 12.2. The van der Waals surface area contributed by atoms with Crippen LogP contribution in [-0.4, -0.2) is 40.8 Å². The Labute approximate surface area is 131 Å². The number of aromatic nitrogens is 2. The number of aliphatic imine (C=N–C) groups is 1. The van der Waals surface area contributed by atoms with Gasteiger partial charge in [0.2, 0.25) is 0 Å². The van der Waals surface area contributed by atoms with E-state index in [0.717, 1.165) is 0 Å². The second-order valence-corrected chi connectivity index (χ2v) is 4.51. The summed E-state index contributed by atoms with van der Waals surface area (Å²) in [7, 11) is 1.47. The van der Waals surface area contributed by atoms with Gasteiger partial charge in [-0.25, -0.2) is 9.97 Å². The molecule has 0 radical (unpaired) electrons. The zero-order valence-corrected chi connectivity index (χ0v) is 12.1. The van der Waals surface area contributed by atoms with Gasteiger partial charge < -0.3 is 14.8 Å². The van der Waals surface area contributed by atoms with Crippen LogP contribution in [0, 0.1) is 0 Å². The number of amidine groups is 1. The Balaban J connectivity index is 1.84. The fraction of sp³-hybridized carbons (Fsp3) is 0.133. The fourth-order valence-corrected chi connectivity index (χ4v) is 1.97. The number of hydrogen-bond donors (Lipinski definition) is 1. The van der Waals surface area contributed by atoms with Crippen molar-refractivity contribution >= 4 is 17.6 Å². The number of carbonyl (C=O) groups excluding carboxylic acids is 2. The molecule has 2 heterocycles. The summed E-state index contributed by atoms with van der Waals surface area (Å²) in [5.41, 5.74) is 0. The Kier molecular flexibility index (Phi) is 3.96. The van der Waals surface area contributed by atoms with Crippen LogP contribution in [0.25, 0.3) is 0 Å². The molecule has 2 aromatic rings. The fourth-order valence-electron chi connectivity index (χ4n) is 1.97. The first-order chi connectivity index (χ1) is 11.2. The Morgan fingerprint density at radius 3 is 2.39 bits per heavy atom. The molecular weight excluding hydrogens is 300 g/mol. The predicted molar refractivity (Wildman–Crippen MR) is 79.1 cm³/mol. The van der Waals surface area contributed by atoms with Crippen LogP contribution in [-0.2, 0) is 9.59 Å². The largest absolute Gasteiger partial charge is 0.493 e. The highest BCUT2D eigenvalue weighted by Gasteiger charge is 2.35. The van der Waals surface area contributed by atoms with Gasteiger partial charge in [-0.15, -0.1) is 0 Å². The number of nitrogens with zero attached hydrogens (tertiary/aromatic N) is 3. The number of amides is 2. The van der Waals surface area contributed by atoms with Crippen LogP contribution in [0.2, 0.25) is 0 Å². The lowest BCUT2D eigenvalue weighted by molar-refractivity contribution is -0.137. The Hall–Kier alpha value is -3.29. The number of ether oxygens (including phenoxy) is 2. The van der Waals surface area contributed by atoms with Crippen molar-refractivity contribution in [3.8, 4) is 11.5 Å². The van der Waals surface area contributed by atoms with Crippen molar-refractivity contribution in [1.29, 1.82) is 0 Å². The molecule has 1 N–H and O–H groups in total. The maximum atomic E-state index is 12.2. The van der Waals surface area contributed by atoms with Crippen molar-refractivity contribution in [2.45, 2.75) is 6.10 Å². The SMILES string of the molecule is COc1ccccc1OC1C(=O)N=C(c2ncccn2)NC1=O. The molecule has 3 rings (SSSR count). The molecule has 0 bridgehead atoms. The van der Waals surface area contributed by atoms with Crippen molar-refractivity contribution in [3.05, 3.63) is 48.5 Å². The van der Waals surface area contributed by atoms with E-state index in [1.807, 2.05) is 0 Å². The molecule has 2 amide bonds. The van der Waals surface area contributed by atoms with Gasteiger partial charge in [0.1, 0.15) is 0 Å². The second-order valence-electron chi connectivity index (χ2n) is 4.51. The minimum absolute atomic E-state index is 0.000441. The number of para-hydroxylation sites is 2. The highest BCUT2D eigenvalue weighted by molar-refractivity contribution is 6.21. The summed E-state index contributed by atoms with van der Waals surface area (Å²) < 4.78 is 10.6. The number of nitrogens with one attached hydrogen (secondary N) is 1. The summed E-state index contributed by atoms with van der Waals surface area (Å²) in [6.45, 7) is 0. The second kappa shape index (κ2) is 6.22. The minimum Gasteiger partial charge on any atom is -0.493 e. The molecule has 116 valence electrons. The summed E-state index contributed by atoms with van der Waals surface area (Å²) in [5.74, 6) is -0.529. The first kappa shape index (κ1) is 14.6. The molecule has 1 unspecified atom stereocenters. The minimum atomic E-state index is -1.39. The van der Waals surface area contributed by atoms with Crippen LogP contribution in [0.15, 0.2) is 47.7 Å². The van der Waals surface area contributed by atoms with Crippen molar-refractivity contribution in [2.24, 2.45) is 4.99 Å². The molecule has 1 aromatic carbocycles. The maximum Gasteiger partial charge on any atom is 0.298 e. The molecule has 23 heavy (non-hydrogen) atoms. The van der Waals surface area contributed by atoms with Crippen LogP contribution in [0.5, 0.6) is 11.5 Å². The van der Waals surface area contributed by atoms with Gasteiger partial charge in [0.15, 0.2) is 23.2 Å². The molecule has 0 aliphatic carbocycles. The predicted octanol–water partition coefficient (Wildman–Crippen LogP) is 0.336. The molecule has 1 aliphatic rings. The molecule has 0 saturated heterocycles. The van der Waals surface area contributed by atoms with Gasteiger partial charge in [0.05, 0.1) is 7.11 Å². The lowest BCUT2D eigenvalue weighted by Crippen LogP contribution is -2.50. The number of benzene rings is 1. The molecular formula is C15H12N4O4. The van der Waals surface area contributed by atoms with Crippen molar-refractivity contribution < 1.29 is 19.1 Å². The highest BCUT2D eigenvalue weighted by Crippen LogP contribution is 2.27. The van der Waals surface area contributed by atoms with Gasteiger partial charge in [-0.3, -0.25) is 9.59 Å². The zero-order valence-electron chi connectivity index (χ0n) is 12.1. The molecule has 0 saturated carbocycles. The number of methoxy groups -OCH3 is 1. The Morgan fingerprint density at radius 1 is 1.04 bits per heavy atom. The average Bonchev–Trinajstić information content (AvgIpc) is 2.59. The van der Waals surface area contributed by atoms with Crippen molar-refractivity contribution in [1.82, 2.24) is 15.3 Å². The van der Waals surface area contributed by atoms with Crippen LogP contribution >= 0.6 is 0 Å². The normalized spacial score (nSPS) is 17.3. The standard InChI is InChI=1S/C15H12N4O4/c1-22-9-5-2-3-6-10(9)23-11-14(20)18-13(19-15(11)21)12-16-7-4-8-17-12/h2-8,11H,1H3,(H,18,19,20,21). The summed E-state index contributed by atoms with van der Waals surface area (Å²) in [6.07, 6.45) is 1.58. The van der Waals surface area contributed by atoms with Crippen LogP contribution in [0.3, 0.4) is 0 Å². The van der Waals surface area contributed by atoms with Gasteiger partial charge in [-0.05, 0) is 18.2 Å². The lowest BCUT2D eigenvalue weighted by atomic mass is 10.2. The van der Waals surface area contributed by atoms with Gasteiger partial charge in [0, 0.05) is 12.4 Å². The van der Waals surface area contributed by atoms with Crippen molar-refractivity contribution in [2.75, 3.05) is 7.11 Å². The van der Waals surface area contributed by atoms with Gasteiger partial charge in [-0.1, -0.05) is 12.1 Å². The Bertz CT molecular complexity index is 776. The van der Waals surface area contributed by atoms with E-state index in [9.17, 15) is 9.59 Å². The number of carbonyl (C=O) groups is 2. The van der Waals surface area contributed by atoms with E-state index in [-0.39, 0.29) is 17.4 Å². The first-order valence-corrected chi connectivity index (χ1v) is 6.69. The lowest BCUT2D eigenvalue weighted by Gasteiger charge is -2.21. The monoisotopic (exact) mass is 312 g/mol. The van der Waals surface area contributed by atoms with Crippen LogP contribution in [0.4, 0.5) is 0 Å². The van der Waals surface area contributed by atoms with E-state index < -0.39 is 17.9 Å². The molecule has 0 fully saturated rings. The molecule has 1 aromatic heterocycles. The van der Waals surface area contributed by atoms with Crippen LogP contribution in [0.1, 0.15) is 5.82 Å². The summed E-state index contributed by atoms with van der Waals surface area (Å²) in [4.78, 5) is 35.9. The van der Waals surface area contributed by atoms with Gasteiger partial charge in [0.25, 0.3) is 17.9 Å². The van der Waals surface area contributed by atoms with E-state index in [2.05, 4.69) is 20.3 Å². The van der Waals surface area contributed by atoms with E-state index in [4.69, 9.17) is 9.47 Å². The van der Waals surface area contributed by atoms with Gasteiger partial charge >= 0.3 is 0 Å². The van der Waals surface area contributed by atoms with E-state index in [1.54, 1.807) is 30.3 Å². The number of rotatable bonds is 4. The molecule has 1 aliphatic heterocycles. The van der Waals surface area contributed by atoms with Crippen molar-refractivity contribution in [3.63, 3.8) is 0 Å². The topological polar surface area (TPSA) is 103 Å². The summed E-state index contributed by atoms with van der Waals surface area (Å²) >= 11 is 0. The first-order valence-electron chi connectivity index (χ1n) is 6.69. The average molecular weight is 312 g/mol. The van der Waals surface area contributed by atoms with Gasteiger partial charge in [-0.2, -0.15) is 4.99 Å². The highest BCUT2D eigenvalue weighted by atomic mass is 16.5. The molecule has 0 spiro atoms. The summed E-state index contributed by atoms with van der Waals surface area (Å²) in [6, 6.07) is 8.32. The third kappa shape index (κ3) is 3.00. The van der Waals surface area contributed by atoms with E-state index in [0.29, 0.717) is 5.75 Å². The van der Waals surface area contributed by atoms with E-state index in [1.165, 1.54) is 19.5 Å². The molecule has 8 nitrogen and oxygen atoms in total. The third-order valence-corrected chi connectivity index (χ3v) is 3.02. The zero-order chi connectivity index (χ0) is 16.2. The van der Waals surface area contributed by atoms with Crippen LogP contribution < -0.4 is 14.8 Å². The molecule has 1 atom stereocenters. The quantitative estimate of drug-likeness (QED) is 0.816. The third-order valence-electron chi connectivity index (χ3n) is 3.02. The summed E-state index contributed by atoms with van der Waals surface area (Å²) in [5, 5.41) is 2.47. The smallest absolute Gasteiger partial charge is 0.298 e. The van der Waals surface area contributed by atoms with E-state index >= 15 is 0 Å².